The van der Waals surface area contributed by atoms with Crippen molar-refractivity contribution in [2.24, 2.45) is 0 Å². The van der Waals surface area contributed by atoms with Crippen LogP contribution in [0.4, 0.5) is 5.69 Å². The number of hydrogen-bond donors (Lipinski definition) is 2. The van der Waals surface area contributed by atoms with Crippen molar-refractivity contribution < 1.29 is 0 Å². The number of aromatic nitrogens is 1. The van der Waals surface area contributed by atoms with E-state index in [4.69, 9.17) is 0 Å². The lowest BCUT2D eigenvalue weighted by Crippen LogP contribution is -1.98. The summed E-state index contributed by atoms with van der Waals surface area (Å²) in [5, 5.41) is 4.76. The Morgan fingerprint density at radius 1 is 1.00 bits per heavy atom. The molecule has 1 aromatic heterocycles. The van der Waals surface area contributed by atoms with Gasteiger partial charge in [0.1, 0.15) is 0 Å². The smallest absolute Gasteiger partial charge is 0.0457 e. The zero-order valence-electron chi connectivity index (χ0n) is 11.1. The molecule has 0 amide bonds. The fourth-order valence-corrected chi connectivity index (χ4v) is 2.33. The molecular formula is C17H18N2. The Morgan fingerprint density at radius 2 is 1.79 bits per heavy atom. The first-order valence-corrected chi connectivity index (χ1v) is 6.74. The Labute approximate surface area is 113 Å². The van der Waals surface area contributed by atoms with E-state index >= 15 is 0 Å². The fourth-order valence-electron chi connectivity index (χ4n) is 2.33. The highest BCUT2D eigenvalue weighted by Crippen LogP contribution is 2.19. The second-order valence-corrected chi connectivity index (χ2v) is 4.76. The third-order valence-corrected chi connectivity index (χ3v) is 3.52. The van der Waals surface area contributed by atoms with Crippen molar-refractivity contribution in [3.05, 3.63) is 65.9 Å². The fraction of sp³-hybridized carbons (Fsp3) is 0.176. The molecule has 2 nitrogen and oxygen atoms in total. The van der Waals surface area contributed by atoms with Crippen LogP contribution in [0, 0.1) is 0 Å². The summed E-state index contributed by atoms with van der Waals surface area (Å²) in [5.41, 5.74) is 5.04. The van der Waals surface area contributed by atoms with Crippen LogP contribution in [0.25, 0.3) is 10.9 Å². The maximum atomic E-state index is 3.47. The number of aromatic amines is 1. The molecule has 0 radical (unpaired) electrons. The van der Waals surface area contributed by atoms with Gasteiger partial charge in [-0.3, -0.25) is 0 Å². The van der Waals surface area contributed by atoms with Crippen LogP contribution in [-0.4, -0.2) is 4.98 Å². The summed E-state index contributed by atoms with van der Waals surface area (Å²) in [6.45, 7) is 3.02. The van der Waals surface area contributed by atoms with Gasteiger partial charge in [-0.25, -0.2) is 0 Å². The van der Waals surface area contributed by atoms with Gasteiger partial charge in [-0.2, -0.15) is 0 Å². The number of rotatable bonds is 4. The number of aryl methyl sites for hydroxylation is 1. The zero-order valence-corrected chi connectivity index (χ0v) is 11.1. The van der Waals surface area contributed by atoms with E-state index in [0.29, 0.717) is 0 Å². The molecule has 96 valence electrons. The molecule has 0 unspecified atom stereocenters. The molecule has 0 bridgehead atoms. The van der Waals surface area contributed by atoms with Gasteiger partial charge in [0.05, 0.1) is 0 Å². The lowest BCUT2D eigenvalue weighted by atomic mass is 10.1. The van der Waals surface area contributed by atoms with E-state index < -0.39 is 0 Å². The third kappa shape index (κ3) is 2.48. The van der Waals surface area contributed by atoms with Gasteiger partial charge in [-0.1, -0.05) is 37.3 Å². The van der Waals surface area contributed by atoms with E-state index in [-0.39, 0.29) is 0 Å². The molecule has 1 heterocycles. The van der Waals surface area contributed by atoms with Crippen molar-refractivity contribution in [3.63, 3.8) is 0 Å². The van der Waals surface area contributed by atoms with Crippen molar-refractivity contribution in [2.75, 3.05) is 5.32 Å². The largest absolute Gasteiger partial charge is 0.381 e. The van der Waals surface area contributed by atoms with Crippen LogP contribution in [0.15, 0.2) is 54.7 Å². The molecule has 0 aliphatic rings. The average Bonchev–Trinajstić information content (AvgIpc) is 2.89. The summed E-state index contributed by atoms with van der Waals surface area (Å²) in [7, 11) is 0. The molecule has 0 saturated heterocycles. The maximum absolute atomic E-state index is 3.47. The number of fused-ring (bicyclic) bond motifs is 1. The molecule has 2 heteroatoms. The number of hydrogen-bond acceptors (Lipinski definition) is 1. The molecule has 2 N–H and O–H groups in total. The molecule has 0 atom stereocenters. The second kappa shape index (κ2) is 5.19. The topological polar surface area (TPSA) is 27.8 Å². The van der Waals surface area contributed by atoms with Crippen LogP contribution in [-0.2, 0) is 13.0 Å². The van der Waals surface area contributed by atoms with Gasteiger partial charge in [0.25, 0.3) is 0 Å². The average molecular weight is 250 g/mol. The first-order chi connectivity index (χ1) is 9.36. The second-order valence-electron chi connectivity index (χ2n) is 4.76. The summed E-state index contributed by atoms with van der Waals surface area (Å²) in [6.07, 6.45) is 3.17. The summed E-state index contributed by atoms with van der Waals surface area (Å²) >= 11 is 0. The first-order valence-electron chi connectivity index (χ1n) is 6.74. The van der Waals surface area contributed by atoms with Gasteiger partial charge < -0.3 is 10.3 Å². The Kier molecular flexibility index (Phi) is 3.23. The lowest BCUT2D eigenvalue weighted by molar-refractivity contribution is 1.13. The van der Waals surface area contributed by atoms with Crippen molar-refractivity contribution >= 4 is 16.6 Å². The van der Waals surface area contributed by atoms with E-state index in [1.807, 2.05) is 0 Å². The van der Waals surface area contributed by atoms with Gasteiger partial charge in [-0.05, 0) is 35.7 Å². The van der Waals surface area contributed by atoms with Crippen LogP contribution < -0.4 is 5.32 Å². The monoisotopic (exact) mass is 250 g/mol. The quantitative estimate of drug-likeness (QED) is 0.708. The van der Waals surface area contributed by atoms with E-state index in [1.54, 1.807) is 0 Å². The molecule has 3 rings (SSSR count). The Hall–Kier alpha value is -2.22. The zero-order chi connectivity index (χ0) is 13.1. The summed E-state index contributed by atoms with van der Waals surface area (Å²) in [5.74, 6) is 0. The maximum Gasteiger partial charge on any atom is 0.0457 e. The van der Waals surface area contributed by atoms with Crippen LogP contribution >= 0.6 is 0 Å². The summed E-state index contributed by atoms with van der Waals surface area (Å²) in [6, 6.07) is 17.0. The summed E-state index contributed by atoms with van der Waals surface area (Å²) in [4.78, 5) is 3.30. The van der Waals surface area contributed by atoms with Gasteiger partial charge >= 0.3 is 0 Å². The minimum atomic E-state index is 0.843. The van der Waals surface area contributed by atoms with Gasteiger partial charge in [0.15, 0.2) is 0 Å². The molecule has 3 aromatic rings. The third-order valence-electron chi connectivity index (χ3n) is 3.52. The first kappa shape index (κ1) is 11.8. The number of anilines is 1. The van der Waals surface area contributed by atoms with E-state index in [2.05, 4.69) is 72.0 Å². The molecule has 0 fully saturated rings. The molecular weight excluding hydrogens is 232 g/mol. The highest BCUT2D eigenvalue weighted by atomic mass is 14.9. The van der Waals surface area contributed by atoms with E-state index in [1.165, 1.54) is 27.7 Å². The molecule has 19 heavy (non-hydrogen) atoms. The van der Waals surface area contributed by atoms with Crippen molar-refractivity contribution in [1.29, 1.82) is 0 Å². The van der Waals surface area contributed by atoms with Crippen molar-refractivity contribution in [2.45, 2.75) is 19.9 Å². The number of H-pyrrole nitrogens is 1. The van der Waals surface area contributed by atoms with Gasteiger partial charge in [0, 0.05) is 29.3 Å². The van der Waals surface area contributed by atoms with E-state index in [9.17, 15) is 0 Å². The Balaban J connectivity index is 1.74. The number of benzene rings is 2. The normalized spacial score (nSPS) is 10.8. The molecule has 0 aliphatic heterocycles. The van der Waals surface area contributed by atoms with Gasteiger partial charge in [0.2, 0.25) is 0 Å². The Bertz CT molecular complexity index is 665. The van der Waals surface area contributed by atoms with E-state index in [0.717, 1.165) is 13.0 Å². The molecule has 0 spiro atoms. The summed E-state index contributed by atoms with van der Waals surface area (Å²) < 4.78 is 0. The SMILES string of the molecule is CCc1ccc(NCc2c[nH]c3ccccc23)cc1. The van der Waals surface area contributed by atoms with Crippen molar-refractivity contribution in [3.8, 4) is 0 Å². The predicted molar refractivity (Wildman–Crippen MR) is 81.4 cm³/mol. The standard InChI is InChI=1S/C17H18N2/c1-2-13-7-9-15(10-8-13)18-11-14-12-19-17-6-4-3-5-16(14)17/h3-10,12,18-19H,2,11H2,1H3. The van der Waals surface area contributed by atoms with Crippen LogP contribution in [0.3, 0.4) is 0 Å². The van der Waals surface area contributed by atoms with Crippen LogP contribution in [0.5, 0.6) is 0 Å². The minimum Gasteiger partial charge on any atom is -0.381 e. The highest BCUT2D eigenvalue weighted by molar-refractivity contribution is 5.83. The molecule has 0 aliphatic carbocycles. The van der Waals surface area contributed by atoms with Crippen molar-refractivity contribution in [1.82, 2.24) is 4.98 Å². The lowest BCUT2D eigenvalue weighted by Gasteiger charge is -2.06. The highest BCUT2D eigenvalue weighted by Gasteiger charge is 2.02. The number of para-hydroxylation sites is 1. The van der Waals surface area contributed by atoms with Crippen LogP contribution in [0.2, 0.25) is 0 Å². The number of nitrogens with one attached hydrogen (secondary N) is 2. The van der Waals surface area contributed by atoms with Gasteiger partial charge in [-0.15, -0.1) is 0 Å². The predicted octanol–water partition coefficient (Wildman–Crippen LogP) is 4.34. The molecule has 2 aromatic carbocycles. The Morgan fingerprint density at radius 3 is 2.58 bits per heavy atom. The van der Waals surface area contributed by atoms with Crippen LogP contribution in [0.1, 0.15) is 18.1 Å². The molecule has 0 saturated carbocycles. The minimum absolute atomic E-state index is 0.843.